The number of benzene rings is 3. The third-order valence-electron chi connectivity index (χ3n) is 4.96. The first kappa shape index (κ1) is 23.1. The van der Waals surface area contributed by atoms with Crippen molar-refractivity contribution >= 4 is 34.1 Å². The molecule has 0 spiro atoms. The number of alkyl halides is 3. The highest BCUT2D eigenvalue weighted by Gasteiger charge is 2.62. The summed E-state index contributed by atoms with van der Waals surface area (Å²) in [6.07, 6.45) is -5.29. The van der Waals surface area contributed by atoms with E-state index in [1.54, 1.807) is 12.1 Å². The maximum absolute atomic E-state index is 13.5. The van der Waals surface area contributed by atoms with Crippen LogP contribution in [0.1, 0.15) is 12.5 Å². The fourth-order valence-electron chi connectivity index (χ4n) is 3.15. The van der Waals surface area contributed by atoms with Crippen LogP contribution in [-0.4, -0.2) is 36.9 Å². The molecule has 0 radical (unpaired) electrons. The molecule has 0 aliphatic heterocycles. The minimum atomic E-state index is -5.29. The van der Waals surface area contributed by atoms with Crippen LogP contribution in [0.2, 0.25) is 0 Å². The Morgan fingerprint density at radius 1 is 1.00 bits per heavy atom. The molecule has 0 aromatic heterocycles. The highest BCUT2D eigenvalue weighted by atomic mass is 19.4. The number of esters is 1. The van der Waals surface area contributed by atoms with Crippen molar-refractivity contribution in [2.45, 2.75) is 18.7 Å². The number of hydrogen-bond donors (Lipinski definition) is 2. The number of aliphatic hydroxyl groups is 1. The van der Waals surface area contributed by atoms with E-state index in [2.05, 4.69) is 10.1 Å². The van der Waals surface area contributed by atoms with E-state index in [1.807, 2.05) is 30.3 Å². The van der Waals surface area contributed by atoms with Gasteiger partial charge in [-0.25, -0.2) is 9.59 Å². The Balaban J connectivity index is 1.80. The van der Waals surface area contributed by atoms with Crippen molar-refractivity contribution in [2.24, 2.45) is 0 Å². The monoisotopic (exact) mass is 446 g/mol. The van der Waals surface area contributed by atoms with Crippen LogP contribution in [0.25, 0.3) is 10.8 Å². The average Bonchev–Trinajstić information content (AvgIpc) is 2.77. The van der Waals surface area contributed by atoms with Gasteiger partial charge in [-0.3, -0.25) is 4.90 Å². The number of hydrogen-bond acceptors (Lipinski definition) is 4. The van der Waals surface area contributed by atoms with E-state index < -0.39 is 29.3 Å². The second-order valence-electron chi connectivity index (χ2n) is 7.03. The van der Waals surface area contributed by atoms with Gasteiger partial charge >= 0.3 is 18.2 Å². The quantitative estimate of drug-likeness (QED) is 0.551. The Kier molecular flexibility index (Phi) is 6.40. The maximum atomic E-state index is 13.5. The lowest BCUT2D eigenvalue weighted by Gasteiger charge is -2.29. The molecule has 0 saturated carbocycles. The van der Waals surface area contributed by atoms with Crippen LogP contribution in [0.15, 0.2) is 66.7 Å². The fourth-order valence-corrected chi connectivity index (χ4v) is 3.15. The topological polar surface area (TPSA) is 78.9 Å². The smallest absolute Gasteiger partial charge is 0.432 e. The molecule has 1 unspecified atom stereocenters. The largest absolute Gasteiger partial charge is 0.463 e. The van der Waals surface area contributed by atoms with Crippen LogP contribution in [-0.2, 0) is 15.1 Å². The SMILES string of the molecule is CCOC(=O)C(O)(c1ccc(N(C)C(=O)Nc2ccc3ccccc3c2)cc1)C(F)(F)F. The molecule has 0 saturated heterocycles. The molecule has 2 N–H and O–H groups in total. The molecule has 0 heterocycles. The predicted molar refractivity (Wildman–Crippen MR) is 114 cm³/mol. The van der Waals surface area contributed by atoms with Gasteiger partial charge in [0.15, 0.2) is 0 Å². The molecule has 0 aliphatic carbocycles. The molecule has 3 aromatic rings. The number of fused-ring (bicyclic) bond motifs is 1. The number of anilines is 2. The van der Waals surface area contributed by atoms with Gasteiger partial charge in [0.2, 0.25) is 0 Å². The molecule has 6 nitrogen and oxygen atoms in total. The number of rotatable bonds is 5. The fraction of sp³-hybridized carbons (Fsp3) is 0.217. The van der Waals surface area contributed by atoms with E-state index in [0.29, 0.717) is 5.69 Å². The Bertz CT molecular complexity index is 1130. The number of nitrogens with zero attached hydrogens (tertiary/aromatic N) is 1. The number of carbonyl (C=O) groups excluding carboxylic acids is 2. The molecule has 0 fully saturated rings. The summed E-state index contributed by atoms with van der Waals surface area (Å²) in [7, 11) is 1.44. The normalized spacial score (nSPS) is 13.3. The molecule has 3 rings (SSSR count). The van der Waals surface area contributed by atoms with Gasteiger partial charge in [0.1, 0.15) is 0 Å². The van der Waals surface area contributed by atoms with Crippen molar-refractivity contribution in [1.82, 2.24) is 0 Å². The van der Waals surface area contributed by atoms with Crippen molar-refractivity contribution in [3.8, 4) is 0 Å². The summed E-state index contributed by atoms with van der Waals surface area (Å²) in [4.78, 5) is 25.7. The number of amides is 2. The van der Waals surface area contributed by atoms with Gasteiger partial charge in [-0.1, -0.05) is 42.5 Å². The molecule has 32 heavy (non-hydrogen) atoms. The lowest BCUT2D eigenvalue weighted by Crippen LogP contribution is -2.50. The molecule has 1 atom stereocenters. The highest BCUT2D eigenvalue weighted by Crippen LogP contribution is 2.40. The third-order valence-corrected chi connectivity index (χ3v) is 4.96. The Morgan fingerprint density at radius 2 is 1.62 bits per heavy atom. The first-order chi connectivity index (χ1) is 15.1. The molecule has 3 aromatic carbocycles. The number of ether oxygens (including phenoxy) is 1. The summed E-state index contributed by atoms with van der Waals surface area (Å²) in [5, 5.41) is 14.8. The molecule has 2 amide bonds. The van der Waals surface area contributed by atoms with Gasteiger partial charge in [0, 0.05) is 24.0 Å². The van der Waals surface area contributed by atoms with Crippen LogP contribution in [0.3, 0.4) is 0 Å². The minimum Gasteiger partial charge on any atom is -0.463 e. The number of nitrogens with one attached hydrogen (secondary N) is 1. The number of halogens is 3. The Morgan fingerprint density at radius 3 is 2.22 bits per heavy atom. The zero-order valence-corrected chi connectivity index (χ0v) is 17.3. The van der Waals surface area contributed by atoms with Gasteiger partial charge in [-0.15, -0.1) is 0 Å². The van der Waals surface area contributed by atoms with Crippen molar-refractivity contribution < 1.29 is 32.6 Å². The summed E-state index contributed by atoms with van der Waals surface area (Å²) in [6, 6.07) is 16.7. The van der Waals surface area contributed by atoms with Crippen LogP contribution in [0.4, 0.5) is 29.3 Å². The highest BCUT2D eigenvalue weighted by molar-refractivity contribution is 6.02. The van der Waals surface area contributed by atoms with E-state index in [1.165, 1.54) is 31.0 Å². The van der Waals surface area contributed by atoms with Gasteiger partial charge in [-0.2, -0.15) is 13.2 Å². The van der Waals surface area contributed by atoms with Gasteiger partial charge in [0.05, 0.1) is 6.61 Å². The van der Waals surface area contributed by atoms with E-state index in [9.17, 15) is 27.9 Å². The number of urea groups is 1. The van der Waals surface area contributed by atoms with E-state index in [0.717, 1.165) is 22.9 Å². The van der Waals surface area contributed by atoms with E-state index in [4.69, 9.17) is 0 Å². The maximum Gasteiger partial charge on any atom is 0.432 e. The molecular formula is C23H21F3N2O4. The molecule has 0 aliphatic rings. The van der Waals surface area contributed by atoms with E-state index >= 15 is 0 Å². The Hall–Kier alpha value is -3.59. The van der Waals surface area contributed by atoms with Crippen molar-refractivity contribution in [1.29, 1.82) is 0 Å². The standard InChI is InChI=1S/C23H21F3N2O4/c1-3-32-20(29)22(31,23(24,25)26)17-9-12-19(13-10-17)28(2)21(30)27-18-11-8-15-6-4-5-7-16(15)14-18/h4-14,31H,3H2,1-2H3,(H,27,30). The molecular weight excluding hydrogens is 425 g/mol. The zero-order chi connectivity index (χ0) is 23.5. The van der Waals surface area contributed by atoms with Gasteiger partial charge in [-0.05, 0) is 42.0 Å². The molecule has 9 heteroatoms. The number of carbonyl (C=O) groups is 2. The van der Waals surface area contributed by atoms with Crippen molar-refractivity contribution in [2.75, 3.05) is 23.9 Å². The average molecular weight is 446 g/mol. The summed E-state index contributed by atoms with van der Waals surface area (Å²) in [6.45, 7) is 1.01. The van der Waals surface area contributed by atoms with Crippen molar-refractivity contribution in [3.63, 3.8) is 0 Å². The summed E-state index contributed by atoms with van der Waals surface area (Å²) >= 11 is 0. The van der Waals surface area contributed by atoms with Gasteiger partial charge in [0.25, 0.3) is 5.60 Å². The second kappa shape index (κ2) is 8.88. The third kappa shape index (κ3) is 4.38. The van der Waals surface area contributed by atoms with Crippen molar-refractivity contribution in [3.05, 3.63) is 72.3 Å². The second-order valence-corrected chi connectivity index (χ2v) is 7.03. The van der Waals surface area contributed by atoms with Crippen LogP contribution in [0.5, 0.6) is 0 Å². The lowest BCUT2D eigenvalue weighted by atomic mass is 9.93. The summed E-state index contributed by atoms with van der Waals surface area (Å²) in [5.74, 6) is -1.82. The first-order valence-electron chi connectivity index (χ1n) is 9.68. The summed E-state index contributed by atoms with van der Waals surface area (Å²) in [5.41, 5.74) is -3.73. The molecule has 0 bridgehead atoms. The van der Waals surface area contributed by atoms with Gasteiger partial charge < -0.3 is 15.2 Å². The zero-order valence-electron chi connectivity index (χ0n) is 17.3. The predicted octanol–water partition coefficient (Wildman–Crippen LogP) is 4.82. The minimum absolute atomic E-state index is 0.250. The first-order valence-corrected chi connectivity index (χ1v) is 9.68. The van der Waals surface area contributed by atoms with E-state index in [-0.39, 0.29) is 12.3 Å². The van der Waals surface area contributed by atoms with Crippen LogP contribution in [0, 0.1) is 0 Å². The summed E-state index contributed by atoms with van der Waals surface area (Å²) < 4.78 is 44.9. The van der Waals surface area contributed by atoms with Crippen LogP contribution < -0.4 is 10.2 Å². The van der Waals surface area contributed by atoms with Crippen LogP contribution >= 0.6 is 0 Å². The lowest BCUT2D eigenvalue weighted by molar-refractivity contribution is -0.267. The molecule has 168 valence electrons. The Labute approximate surface area is 182 Å².